The van der Waals surface area contributed by atoms with Crippen molar-refractivity contribution < 1.29 is 0 Å². The van der Waals surface area contributed by atoms with E-state index < -0.39 is 0 Å². The Morgan fingerprint density at radius 1 is 1.04 bits per heavy atom. The number of guanidine groups is 1. The number of halogens is 1. The molecule has 148 valence electrons. The summed E-state index contributed by atoms with van der Waals surface area (Å²) in [4.78, 5) is 11.3. The number of aromatic nitrogens is 1. The van der Waals surface area contributed by atoms with Crippen LogP contribution in [0.25, 0.3) is 0 Å². The van der Waals surface area contributed by atoms with Crippen molar-refractivity contribution in [3.8, 4) is 0 Å². The van der Waals surface area contributed by atoms with E-state index in [1.165, 1.54) is 5.56 Å². The lowest BCUT2D eigenvalue weighted by Crippen LogP contribution is -2.43. The van der Waals surface area contributed by atoms with E-state index in [-0.39, 0.29) is 24.0 Å². The van der Waals surface area contributed by atoms with Crippen LogP contribution in [0.5, 0.6) is 0 Å². The van der Waals surface area contributed by atoms with Crippen molar-refractivity contribution in [1.29, 1.82) is 0 Å². The third-order valence-corrected chi connectivity index (χ3v) is 4.51. The average molecular weight is 481 g/mol. The van der Waals surface area contributed by atoms with Gasteiger partial charge in [0.1, 0.15) is 0 Å². The van der Waals surface area contributed by atoms with Crippen LogP contribution in [0.15, 0.2) is 53.5 Å². The highest BCUT2D eigenvalue weighted by Gasteiger charge is 2.18. The molecule has 1 unspecified atom stereocenters. The number of nitrogens with zero attached hydrogens (tertiary/aromatic N) is 3. The second-order valence-electron chi connectivity index (χ2n) is 6.22. The minimum absolute atomic E-state index is 0. The zero-order valence-corrected chi connectivity index (χ0v) is 19.1. The van der Waals surface area contributed by atoms with Gasteiger partial charge in [0, 0.05) is 19.3 Å². The first-order valence-electron chi connectivity index (χ1n) is 9.34. The van der Waals surface area contributed by atoms with Gasteiger partial charge >= 0.3 is 0 Å². The zero-order valence-electron chi connectivity index (χ0n) is 16.8. The quantitative estimate of drug-likeness (QED) is 0.343. The first-order chi connectivity index (χ1) is 12.7. The summed E-state index contributed by atoms with van der Waals surface area (Å²) >= 11 is 0. The minimum Gasteiger partial charge on any atom is -0.354 e. The molecule has 0 radical (unpaired) electrons. The van der Waals surface area contributed by atoms with E-state index in [1.807, 2.05) is 25.1 Å². The highest BCUT2D eigenvalue weighted by Crippen LogP contribution is 2.19. The molecular formula is C21H32IN5. The summed E-state index contributed by atoms with van der Waals surface area (Å²) in [5.74, 6) is 0.793. The van der Waals surface area contributed by atoms with Crippen LogP contribution in [-0.4, -0.2) is 42.5 Å². The van der Waals surface area contributed by atoms with Crippen molar-refractivity contribution in [1.82, 2.24) is 20.5 Å². The minimum atomic E-state index is 0. The number of nitrogens with one attached hydrogen (secondary N) is 2. The fourth-order valence-corrected chi connectivity index (χ4v) is 3.08. The van der Waals surface area contributed by atoms with Gasteiger partial charge in [0.25, 0.3) is 0 Å². The summed E-state index contributed by atoms with van der Waals surface area (Å²) < 4.78 is 0. The first-order valence-corrected chi connectivity index (χ1v) is 9.34. The molecule has 2 rings (SSSR count). The molecule has 0 fully saturated rings. The van der Waals surface area contributed by atoms with Gasteiger partial charge in [-0.1, -0.05) is 50.2 Å². The lowest BCUT2D eigenvalue weighted by atomic mass is 10.1. The Bertz CT molecular complexity index is 686. The van der Waals surface area contributed by atoms with Crippen LogP contribution < -0.4 is 10.6 Å². The molecule has 0 aliphatic rings. The van der Waals surface area contributed by atoms with E-state index in [4.69, 9.17) is 0 Å². The maximum atomic E-state index is 4.52. The summed E-state index contributed by atoms with van der Waals surface area (Å²) in [5.41, 5.74) is 3.36. The number of hydrogen-bond donors (Lipinski definition) is 2. The van der Waals surface area contributed by atoms with Crippen LogP contribution in [0.3, 0.4) is 0 Å². The summed E-state index contributed by atoms with van der Waals surface area (Å²) in [7, 11) is 1.80. The van der Waals surface area contributed by atoms with E-state index in [2.05, 4.69) is 69.7 Å². The molecule has 0 saturated heterocycles. The number of benzene rings is 1. The molecule has 0 spiro atoms. The molecular weight excluding hydrogens is 449 g/mol. The number of rotatable bonds is 8. The molecule has 6 heteroatoms. The van der Waals surface area contributed by atoms with Gasteiger partial charge in [0.2, 0.25) is 0 Å². The van der Waals surface area contributed by atoms with Crippen LogP contribution in [0.1, 0.15) is 36.8 Å². The first kappa shape index (κ1) is 23.4. The van der Waals surface area contributed by atoms with Crippen molar-refractivity contribution in [3.63, 3.8) is 0 Å². The van der Waals surface area contributed by atoms with Crippen LogP contribution in [0.4, 0.5) is 0 Å². The monoisotopic (exact) mass is 481 g/mol. The summed E-state index contributed by atoms with van der Waals surface area (Å²) in [6.07, 6.45) is 0. The van der Waals surface area contributed by atoms with Gasteiger partial charge < -0.3 is 10.6 Å². The standard InChI is InChI=1S/C21H31N5.HI/c1-5-26(6-2)20(18-12-8-7-9-13-18)16-24-21(22-4)23-15-19-14-10-11-17(3)25-19;/h7-14,20H,5-6,15-16H2,1-4H3,(H2,22,23,24);1H. The lowest BCUT2D eigenvalue weighted by molar-refractivity contribution is 0.219. The molecule has 0 aliphatic carbocycles. The van der Waals surface area contributed by atoms with Gasteiger partial charge in [0.05, 0.1) is 18.3 Å². The summed E-state index contributed by atoms with van der Waals surface area (Å²) in [6, 6.07) is 17.0. The number of hydrogen-bond acceptors (Lipinski definition) is 3. The van der Waals surface area contributed by atoms with Crippen molar-refractivity contribution in [2.75, 3.05) is 26.7 Å². The predicted octanol–water partition coefficient (Wildman–Crippen LogP) is 3.76. The fourth-order valence-electron chi connectivity index (χ4n) is 3.08. The third-order valence-electron chi connectivity index (χ3n) is 4.51. The van der Waals surface area contributed by atoms with Gasteiger partial charge in [-0.2, -0.15) is 0 Å². The van der Waals surface area contributed by atoms with E-state index in [0.29, 0.717) is 12.6 Å². The Morgan fingerprint density at radius 3 is 2.33 bits per heavy atom. The van der Waals surface area contributed by atoms with Gasteiger partial charge in [-0.15, -0.1) is 24.0 Å². The molecule has 1 aromatic heterocycles. The number of likely N-dealkylation sites (N-methyl/N-ethyl adjacent to an activating group) is 1. The maximum Gasteiger partial charge on any atom is 0.191 e. The Labute approximate surface area is 180 Å². The molecule has 1 aromatic carbocycles. The van der Waals surface area contributed by atoms with Gasteiger partial charge in [-0.25, -0.2) is 0 Å². The van der Waals surface area contributed by atoms with E-state index >= 15 is 0 Å². The Balaban J connectivity index is 0.00000364. The molecule has 5 nitrogen and oxygen atoms in total. The largest absolute Gasteiger partial charge is 0.354 e. The summed E-state index contributed by atoms with van der Waals surface area (Å²) in [5, 5.41) is 6.82. The number of aryl methyl sites for hydroxylation is 1. The number of pyridine rings is 1. The van der Waals surface area contributed by atoms with Gasteiger partial charge in [0.15, 0.2) is 5.96 Å². The Morgan fingerprint density at radius 2 is 1.74 bits per heavy atom. The predicted molar refractivity (Wildman–Crippen MR) is 125 cm³/mol. The van der Waals surface area contributed by atoms with E-state index in [1.54, 1.807) is 7.05 Å². The Kier molecular flexibility index (Phi) is 11.0. The SMILES string of the molecule is CCN(CC)C(CNC(=NC)NCc1cccc(C)n1)c1ccccc1.I. The Hall–Kier alpha value is -1.67. The molecule has 0 bridgehead atoms. The van der Waals surface area contributed by atoms with Crippen LogP contribution >= 0.6 is 24.0 Å². The molecule has 1 atom stereocenters. The molecule has 0 saturated carbocycles. The maximum absolute atomic E-state index is 4.52. The zero-order chi connectivity index (χ0) is 18.8. The highest BCUT2D eigenvalue weighted by molar-refractivity contribution is 14.0. The van der Waals surface area contributed by atoms with Gasteiger partial charge in [-0.05, 0) is 37.7 Å². The average Bonchev–Trinajstić information content (AvgIpc) is 2.68. The van der Waals surface area contributed by atoms with Crippen molar-refractivity contribution >= 4 is 29.9 Å². The molecule has 2 N–H and O–H groups in total. The second-order valence-corrected chi connectivity index (χ2v) is 6.22. The second kappa shape index (κ2) is 12.7. The van der Waals surface area contributed by atoms with Crippen molar-refractivity contribution in [3.05, 3.63) is 65.5 Å². The molecule has 0 amide bonds. The van der Waals surface area contributed by atoms with E-state index in [9.17, 15) is 0 Å². The fraction of sp³-hybridized carbons (Fsp3) is 0.429. The molecule has 27 heavy (non-hydrogen) atoms. The van der Waals surface area contributed by atoms with Crippen LogP contribution in [-0.2, 0) is 6.54 Å². The molecule has 0 aliphatic heterocycles. The van der Waals surface area contributed by atoms with Crippen molar-refractivity contribution in [2.45, 2.75) is 33.4 Å². The topological polar surface area (TPSA) is 52.5 Å². The van der Waals surface area contributed by atoms with E-state index in [0.717, 1.165) is 37.0 Å². The third kappa shape index (κ3) is 7.46. The van der Waals surface area contributed by atoms with Gasteiger partial charge in [-0.3, -0.25) is 14.9 Å². The van der Waals surface area contributed by atoms with Crippen LogP contribution in [0, 0.1) is 6.92 Å². The normalized spacial score (nSPS) is 12.4. The van der Waals surface area contributed by atoms with Crippen molar-refractivity contribution in [2.24, 2.45) is 4.99 Å². The smallest absolute Gasteiger partial charge is 0.191 e. The lowest BCUT2D eigenvalue weighted by Gasteiger charge is -2.30. The molecule has 1 heterocycles. The highest BCUT2D eigenvalue weighted by atomic mass is 127. The van der Waals surface area contributed by atoms with Crippen LogP contribution in [0.2, 0.25) is 0 Å². The number of aliphatic imine (C=N–C) groups is 1. The summed E-state index contributed by atoms with van der Waals surface area (Å²) in [6.45, 7) is 9.89. The molecule has 2 aromatic rings.